The fraction of sp³-hybridized carbons (Fsp3) is 0.625. The van der Waals surface area contributed by atoms with Crippen LogP contribution in [0.5, 0.6) is 5.75 Å². The molecule has 2 rings (SSSR count). The molecule has 2 aromatic rings. The molecule has 0 atom stereocenters. The fourth-order valence-electron chi connectivity index (χ4n) is 5.65. The Balaban J connectivity index is 1.41. The Morgan fingerprint density at radius 3 is 1.60 bits per heavy atom. The van der Waals surface area contributed by atoms with Gasteiger partial charge in [0.05, 0.1) is 6.61 Å². The van der Waals surface area contributed by atoms with Crippen LogP contribution in [0.15, 0.2) is 54.6 Å². The molecule has 2 heteroatoms. The Kier molecular flexibility index (Phi) is 22.1. The molecule has 0 aliphatic carbocycles. The van der Waals surface area contributed by atoms with Crippen molar-refractivity contribution in [2.24, 2.45) is 0 Å². The van der Waals surface area contributed by atoms with Crippen LogP contribution in [0.25, 0.3) is 6.08 Å². The van der Waals surface area contributed by atoms with Crippen molar-refractivity contribution in [3.05, 3.63) is 71.3 Å². The normalized spacial score (nSPS) is 11.4. The van der Waals surface area contributed by atoms with Crippen molar-refractivity contribution < 1.29 is 4.74 Å². The second kappa shape index (κ2) is 25.6. The van der Waals surface area contributed by atoms with Crippen LogP contribution in [0, 0.1) is 0 Å². The first-order chi connectivity index (χ1) is 20.7. The van der Waals surface area contributed by atoms with E-state index in [9.17, 15) is 0 Å². The molecule has 42 heavy (non-hydrogen) atoms. The van der Waals surface area contributed by atoms with Crippen LogP contribution >= 0.6 is 12.2 Å². The molecule has 0 fully saturated rings. The predicted octanol–water partition coefficient (Wildman–Crippen LogP) is 13.3. The molecule has 0 N–H and O–H groups in total. The second-order valence-corrected chi connectivity index (χ2v) is 12.7. The van der Waals surface area contributed by atoms with Gasteiger partial charge in [-0.05, 0) is 47.7 Å². The standard InChI is InChI=1S/C40H62OS/c1-3-5-6-7-8-9-10-11-12-13-14-15-16-17-18-19-20-21-22-23-34-41-39-27-24-26-37(35-39)30-33-40(42)38-31-28-36(25-4-2)29-32-38/h24,26-33,35H,3-23,25,34H2,1-2H3. The van der Waals surface area contributed by atoms with Crippen molar-refractivity contribution in [1.82, 2.24) is 0 Å². The van der Waals surface area contributed by atoms with Gasteiger partial charge in [0.2, 0.25) is 0 Å². The SMILES string of the molecule is CCCCCCCCCCCCCCCCCCCCCCOc1cccc(C=CC(=S)c2ccc(CCC)cc2)c1. The van der Waals surface area contributed by atoms with Crippen LogP contribution in [0.3, 0.4) is 0 Å². The number of allylic oxidation sites excluding steroid dienone is 1. The molecule has 0 unspecified atom stereocenters. The average Bonchev–Trinajstić information content (AvgIpc) is 3.01. The number of hydrogen-bond acceptors (Lipinski definition) is 2. The van der Waals surface area contributed by atoms with Gasteiger partial charge in [0.15, 0.2) is 0 Å². The van der Waals surface area contributed by atoms with Crippen LogP contribution in [0.2, 0.25) is 0 Å². The number of hydrogen-bond donors (Lipinski definition) is 0. The maximum Gasteiger partial charge on any atom is 0.119 e. The van der Waals surface area contributed by atoms with Crippen LogP contribution in [-0.4, -0.2) is 11.5 Å². The first-order valence-electron chi connectivity index (χ1n) is 17.8. The number of unbranched alkanes of at least 4 members (excludes halogenated alkanes) is 19. The number of aryl methyl sites for hydroxylation is 1. The van der Waals surface area contributed by atoms with Gasteiger partial charge in [-0.25, -0.2) is 0 Å². The average molecular weight is 591 g/mol. The third-order valence-corrected chi connectivity index (χ3v) is 8.70. The molecule has 0 aliphatic heterocycles. The summed E-state index contributed by atoms with van der Waals surface area (Å²) < 4.78 is 6.04. The fourth-order valence-corrected chi connectivity index (χ4v) is 5.85. The summed E-state index contributed by atoms with van der Waals surface area (Å²) in [5, 5.41) is 0. The van der Waals surface area contributed by atoms with Gasteiger partial charge in [-0.2, -0.15) is 0 Å². The molecule has 0 amide bonds. The third kappa shape index (κ3) is 18.6. The highest BCUT2D eigenvalue weighted by atomic mass is 32.1. The lowest BCUT2D eigenvalue weighted by atomic mass is 10.0. The predicted molar refractivity (Wildman–Crippen MR) is 191 cm³/mol. The summed E-state index contributed by atoms with van der Waals surface area (Å²) in [6, 6.07) is 17.0. The smallest absolute Gasteiger partial charge is 0.119 e. The van der Waals surface area contributed by atoms with Crippen molar-refractivity contribution in [3.63, 3.8) is 0 Å². The molecule has 0 spiro atoms. The van der Waals surface area contributed by atoms with Gasteiger partial charge in [-0.1, -0.05) is 197 Å². The lowest BCUT2D eigenvalue weighted by molar-refractivity contribution is 0.304. The summed E-state index contributed by atoms with van der Waals surface area (Å²) in [7, 11) is 0. The Morgan fingerprint density at radius 2 is 1.10 bits per heavy atom. The zero-order valence-electron chi connectivity index (χ0n) is 27.4. The van der Waals surface area contributed by atoms with E-state index in [1.165, 1.54) is 134 Å². The monoisotopic (exact) mass is 590 g/mol. The van der Waals surface area contributed by atoms with E-state index < -0.39 is 0 Å². The van der Waals surface area contributed by atoms with Crippen molar-refractivity contribution in [3.8, 4) is 5.75 Å². The zero-order chi connectivity index (χ0) is 29.9. The Labute approximate surface area is 265 Å². The van der Waals surface area contributed by atoms with E-state index in [1.807, 2.05) is 6.08 Å². The summed E-state index contributed by atoms with van der Waals surface area (Å²) in [4.78, 5) is 0.869. The lowest BCUT2D eigenvalue weighted by Gasteiger charge is -2.07. The van der Waals surface area contributed by atoms with Crippen molar-refractivity contribution >= 4 is 23.2 Å². The second-order valence-electron chi connectivity index (χ2n) is 12.3. The molecule has 0 aromatic heterocycles. The number of thiocarbonyl (C=S) groups is 1. The Morgan fingerprint density at radius 1 is 0.595 bits per heavy atom. The van der Waals surface area contributed by atoms with Crippen LogP contribution < -0.4 is 4.74 Å². The van der Waals surface area contributed by atoms with Gasteiger partial charge in [0.25, 0.3) is 0 Å². The van der Waals surface area contributed by atoms with Crippen molar-refractivity contribution in [1.29, 1.82) is 0 Å². The lowest BCUT2D eigenvalue weighted by Crippen LogP contribution is -1.97. The zero-order valence-corrected chi connectivity index (χ0v) is 28.2. The van der Waals surface area contributed by atoms with Gasteiger partial charge in [0, 0.05) is 4.86 Å². The molecule has 1 nitrogen and oxygen atoms in total. The molecular formula is C40H62OS. The van der Waals surface area contributed by atoms with Gasteiger partial charge in [-0.3, -0.25) is 0 Å². The van der Waals surface area contributed by atoms with E-state index in [0.29, 0.717) is 0 Å². The highest BCUT2D eigenvalue weighted by Gasteiger charge is 2.00. The van der Waals surface area contributed by atoms with Crippen molar-refractivity contribution in [2.45, 2.75) is 155 Å². The topological polar surface area (TPSA) is 9.23 Å². The van der Waals surface area contributed by atoms with E-state index in [2.05, 4.69) is 68.5 Å². The number of benzene rings is 2. The molecule has 0 bridgehead atoms. The van der Waals surface area contributed by atoms with Gasteiger partial charge in [0.1, 0.15) is 5.75 Å². The van der Waals surface area contributed by atoms with Crippen LogP contribution in [0.4, 0.5) is 0 Å². The molecule has 0 aliphatic rings. The summed E-state index contributed by atoms with van der Waals surface area (Å²) in [5.74, 6) is 0.949. The molecule has 0 saturated carbocycles. The van der Waals surface area contributed by atoms with Gasteiger partial charge in [-0.15, -0.1) is 0 Å². The molecule has 0 radical (unpaired) electrons. The summed E-state index contributed by atoms with van der Waals surface area (Å²) >= 11 is 5.63. The Hall–Kier alpha value is -1.93. The van der Waals surface area contributed by atoms with Crippen molar-refractivity contribution in [2.75, 3.05) is 6.61 Å². The van der Waals surface area contributed by atoms with Crippen LogP contribution in [0.1, 0.15) is 165 Å². The summed E-state index contributed by atoms with van der Waals surface area (Å²) in [5.41, 5.74) is 3.60. The molecule has 2 aromatic carbocycles. The van der Waals surface area contributed by atoms with E-state index in [-0.39, 0.29) is 0 Å². The highest BCUT2D eigenvalue weighted by molar-refractivity contribution is 7.81. The summed E-state index contributed by atoms with van der Waals surface area (Å²) in [6.45, 7) is 5.31. The van der Waals surface area contributed by atoms with Crippen LogP contribution in [-0.2, 0) is 6.42 Å². The highest BCUT2D eigenvalue weighted by Crippen LogP contribution is 2.18. The minimum absolute atomic E-state index is 0.800. The van der Waals surface area contributed by atoms with E-state index in [0.717, 1.165) is 41.2 Å². The quantitative estimate of drug-likeness (QED) is 0.0443. The van der Waals surface area contributed by atoms with Gasteiger partial charge >= 0.3 is 0 Å². The Bertz CT molecular complexity index is 944. The van der Waals surface area contributed by atoms with E-state index >= 15 is 0 Å². The maximum absolute atomic E-state index is 6.04. The first-order valence-corrected chi connectivity index (χ1v) is 18.2. The molecular weight excluding hydrogens is 529 g/mol. The van der Waals surface area contributed by atoms with E-state index in [4.69, 9.17) is 17.0 Å². The molecule has 0 heterocycles. The molecule has 0 saturated heterocycles. The van der Waals surface area contributed by atoms with Gasteiger partial charge < -0.3 is 4.74 Å². The largest absolute Gasteiger partial charge is 0.494 e. The first kappa shape index (κ1) is 36.3. The minimum atomic E-state index is 0.800. The number of ether oxygens (including phenoxy) is 1. The molecule has 234 valence electrons. The number of rotatable bonds is 27. The maximum atomic E-state index is 6.04. The minimum Gasteiger partial charge on any atom is -0.494 e. The summed E-state index contributed by atoms with van der Waals surface area (Å²) in [6.07, 6.45) is 34.6. The van der Waals surface area contributed by atoms with E-state index in [1.54, 1.807) is 0 Å². The third-order valence-electron chi connectivity index (χ3n) is 8.33.